The summed E-state index contributed by atoms with van der Waals surface area (Å²) in [5.74, 6) is 5.85. The smallest absolute Gasteiger partial charge is 0.287 e. The first-order valence-electron chi connectivity index (χ1n) is 5.55. The lowest BCUT2D eigenvalue weighted by Crippen LogP contribution is -2.24. The van der Waals surface area contributed by atoms with E-state index >= 15 is 0 Å². The molecule has 0 radical (unpaired) electrons. The Morgan fingerprint density at radius 1 is 1.35 bits per heavy atom. The van der Waals surface area contributed by atoms with Crippen molar-refractivity contribution in [1.29, 1.82) is 0 Å². The van der Waals surface area contributed by atoms with Crippen LogP contribution < -0.4 is 16.8 Å². The molecule has 0 aromatic carbocycles. The fraction of sp³-hybridized carbons (Fsp3) is 0.417. The van der Waals surface area contributed by atoms with Gasteiger partial charge in [0.25, 0.3) is 5.91 Å². The van der Waals surface area contributed by atoms with Crippen molar-refractivity contribution in [2.45, 2.75) is 12.8 Å². The Morgan fingerprint density at radius 2 is 2.18 bits per heavy atom. The number of nitrogens with one attached hydrogen (secondary N) is 1. The summed E-state index contributed by atoms with van der Waals surface area (Å²) < 4.78 is 5.24. The molecule has 0 unspecified atom stereocenters. The van der Waals surface area contributed by atoms with E-state index in [0.29, 0.717) is 18.8 Å². The third-order valence-electron chi connectivity index (χ3n) is 2.06. The second-order valence-corrected chi connectivity index (χ2v) is 3.42. The van der Waals surface area contributed by atoms with Gasteiger partial charge in [-0.1, -0.05) is 5.92 Å². The van der Waals surface area contributed by atoms with Crippen molar-refractivity contribution in [3.63, 3.8) is 0 Å². The van der Waals surface area contributed by atoms with Crippen LogP contribution in [0.1, 0.15) is 29.2 Å². The molecule has 17 heavy (non-hydrogen) atoms. The molecular weight excluding hydrogens is 218 g/mol. The van der Waals surface area contributed by atoms with Gasteiger partial charge in [0, 0.05) is 6.54 Å². The lowest BCUT2D eigenvalue weighted by atomic mass is 10.3. The van der Waals surface area contributed by atoms with Crippen LogP contribution in [0.2, 0.25) is 0 Å². The molecule has 0 bridgehead atoms. The molecule has 1 aromatic heterocycles. The van der Waals surface area contributed by atoms with Gasteiger partial charge in [0.1, 0.15) is 0 Å². The van der Waals surface area contributed by atoms with Gasteiger partial charge in [0.2, 0.25) is 0 Å². The number of hydrogen-bond acceptors (Lipinski definition) is 4. The van der Waals surface area contributed by atoms with Crippen molar-refractivity contribution in [1.82, 2.24) is 5.32 Å². The fourth-order valence-electron chi connectivity index (χ4n) is 1.22. The predicted octanol–water partition coefficient (Wildman–Crippen LogP) is 0.0585. The molecule has 5 heteroatoms. The molecule has 5 N–H and O–H groups in total. The van der Waals surface area contributed by atoms with Gasteiger partial charge < -0.3 is 21.2 Å². The molecular formula is C12H17N3O2. The lowest BCUT2D eigenvalue weighted by molar-refractivity contribution is 0.0925. The Balaban J connectivity index is 2.43. The highest BCUT2D eigenvalue weighted by Gasteiger charge is 2.09. The Morgan fingerprint density at radius 3 is 2.88 bits per heavy atom. The van der Waals surface area contributed by atoms with Gasteiger partial charge in [0.15, 0.2) is 11.5 Å². The van der Waals surface area contributed by atoms with Crippen LogP contribution in [0.3, 0.4) is 0 Å². The monoisotopic (exact) mass is 235 g/mol. The second kappa shape index (κ2) is 7.49. The molecule has 1 amide bonds. The molecule has 1 aromatic rings. The zero-order chi connectivity index (χ0) is 12.5. The summed E-state index contributed by atoms with van der Waals surface area (Å²) in [6.45, 7) is 1.50. The first-order valence-corrected chi connectivity index (χ1v) is 5.55. The van der Waals surface area contributed by atoms with E-state index in [1.807, 2.05) is 0 Å². The normalized spacial score (nSPS) is 9.53. The van der Waals surface area contributed by atoms with Gasteiger partial charge in [-0.2, -0.15) is 0 Å². The van der Waals surface area contributed by atoms with E-state index in [9.17, 15) is 4.79 Å². The molecule has 0 saturated heterocycles. The van der Waals surface area contributed by atoms with E-state index in [1.165, 1.54) is 0 Å². The Kier molecular flexibility index (Phi) is 5.86. The average Bonchev–Trinajstić information content (AvgIpc) is 2.80. The Hall–Kier alpha value is -1.77. The summed E-state index contributed by atoms with van der Waals surface area (Å²) in [4.78, 5) is 11.6. The van der Waals surface area contributed by atoms with Crippen LogP contribution in [-0.4, -0.2) is 25.5 Å². The number of carbonyl (C=O) groups is 1. The van der Waals surface area contributed by atoms with Crippen molar-refractivity contribution in [2.75, 3.05) is 19.6 Å². The van der Waals surface area contributed by atoms with Crippen molar-refractivity contribution in [2.24, 2.45) is 11.5 Å². The number of furan rings is 1. The highest BCUT2D eigenvalue weighted by Crippen LogP contribution is 2.06. The maximum Gasteiger partial charge on any atom is 0.287 e. The molecule has 1 rings (SSSR count). The molecule has 1 heterocycles. The number of nitrogens with two attached hydrogens (primary N) is 2. The predicted molar refractivity (Wildman–Crippen MR) is 65.3 cm³/mol. The Bertz CT molecular complexity index is 415. The number of unbranched alkanes of at least 4 members (excludes halogenated alkanes) is 1. The van der Waals surface area contributed by atoms with Gasteiger partial charge >= 0.3 is 0 Å². The Labute approximate surface area is 101 Å². The van der Waals surface area contributed by atoms with Crippen LogP contribution >= 0.6 is 0 Å². The third kappa shape index (κ3) is 4.72. The summed E-state index contributed by atoms with van der Waals surface area (Å²) in [6, 6.07) is 3.25. The summed E-state index contributed by atoms with van der Waals surface area (Å²) in [5.41, 5.74) is 10.6. The van der Waals surface area contributed by atoms with E-state index < -0.39 is 0 Å². The molecule has 0 aliphatic heterocycles. The molecule has 0 saturated carbocycles. The quantitative estimate of drug-likeness (QED) is 0.497. The second-order valence-electron chi connectivity index (χ2n) is 3.42. The number of amides is 1. The van der Waals surface area contributed by atoms with Crippen LogP contribution in [0.4, 0.5) is 0 Å². The molecule has 0 aliphatic rings. The van der Waals surface area contributed by atoms with Crippen molar-refractivity contribution in [3.05, 3.63) is 23.7 Å². The fourth-order valence-corrected chi connectivity index (χ4v) is 1.22. The summed E-state index contributed by atoms with van der Waals surface area (Å²) in [7, 11) is 0. The van der Waals surface area contributed by atoms with Gasteiger partial charge in [-0.3, -0.25) is 4.79 Å². The largest absolute Gasteiger partial charge is 0.443 e. The molecule has 0 spiro atoms. The number of carbonyl (C=O) groups excluding carboxylic acids is 1. The lowest BCUT2D eigenvalue weighted by Gasteiger charge is -2.01. The van der Waals surface area contributed by atoms with Gasteiger partial charge in [-0.05, 0) is 37.4 Å². The van der Waals surface area contributed by atoms with Gasteiger partial charge in [-0.25, -0.2) is 0 Å². The molecule has 0 atom stereocenters. The van der Waals surface area contributed by atoms with E-state index in [-0.39, 0.29) is 18.2 Å². The van der Waals surface area contributed by atoms with Crippen LogP contribution in [0, 0.1) is 11.8 Å². The maximum absolute atomic E-state index is 11.6. The van der Waals surface area contributed by atoms with Crippen LogP contribution in [0.15, 0.2) is 16.5 Å². The SMILES string of the molecule is NCC#Cc1ccc(C(=O)NCCCCN)o1. The highest BCUT2D eigenvalue weighted by molar-refractivity contribution is 5.91. The van der Waals surface area contributed by atoms with E-state index in [4.69, 9.17) is 15.9 Å². The van der Waals surface area contributed by atoms with Crippen molar-refractivity contribution in [3.8, 4) is 11.8 Å². The summed E-state index contributed by atoms with van der Waals surface area (Å²) in [6.07, 6.45) is 1.76. The molecule has 0 aliphatic carbocycles. The van der Waals surface area contributed by atoms with Crippen molar-refractivity contribution >= 4 is 5.91 Å². The van der Waals surface area contributed by atoms with Gasteiger partial charge in [0.05, 0.1) is 6.54 Å². The average molecular weight is 235 g/mol. The summed E-state index contributed by atoms with van der Waals surface area (Å²) in [5, 5.41) is 2.74. The maximum atomic E-state index is 11.6. The van der Waals surface area contributed by atoms with Crippen molar-refractivity contribution < 1.29 is 9.21 Å². The minimum Gasteiger partial charge on any atom is -0.443 e. The minimum atomic E-state index is -0.234. The van der Waals surface area contributed by atoms with Crippen LogP contribution in [-0.2, 0) is 0 Å². The van der Waals surface area contributed by atoms with Gasteiger partial charge in [-0.15, -0.1) is 0 Å². The first-order chi connectivity index (χ1) is 8.27. The van der Waals surface area contributed by atoms with Crippen LogP contribution in [0.5, 0.6) is 0 Å². The number of hydrogen-bond donors (Lipinski definition) is 3. The topological polar surface area (TPSA) is 94.3 Å². The minimum absolute atomic E-state index is 0.234. The zero-order valence-electron chi connectivity index (χ0n) is 9.66. The van der Waals surface area contributed by atoms with E-state index in [1.54, 1.807) is 12.1 Å². The third-order valence-corrected chi connectivity index (χ3v) is 2.06. The molecule has 0 fully saturated rings. The highest BCUT2D eigenvalue weighted by atomic mass is 16.3. The van der Waals surface area contributed by atoms with E-state index in [0.717, 1.165) is 12.8 Å². The first kappa shape index (κ1) is 13.3. The number of rotatable bonds is 5. The van der Waals surface area contributed by atoms with E-state index in [2.05, 4.69) is 17.2 Å². The molecule has 92 valence electrons. The zero-order valence-corrected chi connectivity index (χ0v) is 9.66. The van der Waals surface area contributed by atoms with Crippen LogP contribution in [0.25, 0.3) is 0 Å². The standard InChI is InChI=1S/C12H17N3O2/c13-7-1-2-9-15-12(16)11-6-5-10(17-11)4-3-8-14/h5-6H,1-2,7-9,13-14H2,(H,15,16). The summed E-state index contributed by atoms with van der Waals surface area (Å²) >= 11 is 0. The molecule has 5 nitrogen and oxygen atoms in total.